The fourth-order valence-corrected chi connectivity index (χ4v) is 2.72. The third kappa shape index (κ3) is 2.94. The van der Waals surface area contributed by atoms with Gasteiger partial charge in [0.05, 0.1) is 35.3 Å². The van der Waals surface area contributed by atoms with E-state index < -0.39 is 10.7 Å². The largest absolute Gasteiger partial charge is 0.368 e. The molecule has 10 nitrogen and oxygen atoms in total. The van der Waals surface area contributed by atoms with Crippen LogP contribution in [-0.2, 0) is 6.54 Å². The van der Waals surface area contributed by atoms with Gasteiger partial charge in [-0.2, -0.15) is 20.2 Å². The van der Waals surface area contributed by atoms with Crippen molar-refractivity contribution in [3.8, 4) is 5.82 Å². The number of aryl methyl sites for hydroxylation is 1. The van der Waals surface area contributed by atoms with Crippen LogP contribution in [0.3, 0.4) is 0 Å². The lowest BCUT2D eigenvalue weighted by atomic mass is 10.2. The SMILES string of the molecule is Cc1cnn(-c2nc(N)nc3c2cnn3Cc2ccc([N+](=O)[O-])cc2F)c1. The first-order valence-corrected chi connectivity index (χ1v) is 7.86. The molecule has 4 aromatic rings. The van der Waals surface area contributed by atoms with Crippen LogP contribution in [0.25, 0.3) is 16.9 Å². The first-order chi connectivity index (χ1) is 12.9. The van der Waals surface area contributed by atoms with Crippen LogP contribution in [0.5, 0.6) is 0 Å². The highest BCUT2D eigenvalue weighted by Crippen LogP contribution is 2.22. The minimum atomic E-state index is -0.696. The van der Waals surface area contributed by atoms with E-state index in [0.717, 1.165) is 11.6 Å². The Labute approximate surface area is 151 Å². The van der Waals surface area contributed by atoms with Gasteiger partial charge in [0.25, 0.3) is 5.69 Å². The Balaban J connectivity index is 1.78. The molecule has 11 heteroatoms. The fraction of sp³-hybridized carbons (Fsp3) is 0.125. The molecule has 0 saturated heterocycles. The van der Waals surface area contributed by atoms with E-state index in [0.29, 0.717) is 16.9 Å². The predicted octanol–water partition coefficient (Wildman–Crippen LogP) is 2.00. The van der Waals surface area contributed by atoms with Crippen molar-refractivity contribution >= 4 is 22.7 Å². The Hall–Kier alpha value is -3.89. The van der Waals surface area contributed by atoms with Crippen LogP contribution in [0, 0.1) is 22.9 Å². The topological polar surface area (TPSA) is 131 Å². The minimum Gasteiger partial charge on any atom is -0.368 e. The summed E-state index contributed by atoms with van der Waals surface area (Å²) >= 11 is 0. The number of nitrogen functional groups attached to an aromatic ring is 1. The number of rotatable bonds is 4. The second-order valence-electron chi connectivity index (χ2n) is 5.94. The molecule has 0 fully saturated rings. The number of nitrogens with two attached hydrogens (primary N) is 1. The molecular weight excluding hydrogens is 355 g/mol. The third-order valence-electron chi connectivity index (χ3n) is 3.99. The molecule has 27 heavy (non-hydrogen) atoms. The Morgan fingerprint density at radius 3 is 2.74 bits per heavy atom. The lowest BCUT2D eigenvalue weighted by Crippen LogP contribution is -2.08. The molecule has 0 atom stereocenters. The van der Waals surface area contributed by atoms with E-state index in [-0.39, 0.29) is 23.7 Å². The summed E-state index contributed by atoms with van der Waals surface area (Å²) in [5.74, 6) is -0.213. The molecule has 4 rings (SSSR count). The second-order valence-corrected chi connectivity index (χ2v) is 5.94. The van der Waals surface area contributed by atoms with Gasteiger partial charge < -0.3 is 5.73 Å². The van der Waals surface area contributed by atoms with E-state index in [1.54, 1.807) is 23.3 Å². The highest BCUT2D eigenvalue weighted by atomic mass is 19.1. The van der Waals surface area contributed by atoms with Gasteiger partial charge in [0.1, 0.15) is 5.82 Å². The summed E-state index contributed by atoms with van der Waals surface area (Å²) < 4.78 is 17.2. The highest BCUT2D eigenvalue weighted by molar-refractivity contribution is 5.83. The predicted molar refractivity (Wildman–Crippen MR) is 93.8 cm³/mol. The van der Waals surface area contributed by atoms with Gasteiger partial charge in [-0.05, 0) is 18.6 Å². The van der Waals surface area contributed by atoms with Crippen LogP contribution in [0.2, 0.25) is 0 Å². The maximum Gasteiger partial charge on any atom is 0.272 e. The lowest BCUT2D eigenvalue weighted by Gasteiger charge is -2.07. The quantitative estimate of drug-likeness (QED) is 0.430. The third-order valence-corrected chi connectivity index (χ3v) is 3.99. The summed E-state index contributed by atoms with van der Waals surface area (Å²) in [5.41, 5.74) is 7.09. The summed E-state index contributed by atoms with van der Waals surface area (Å²) in [6.45, 7) is 1.92. The maximum absolute atomic E-state index is 14.2. The van der Waals surface area contributed by atoms with E-state index in [9.17, 15) is 14.5 Å². The van der Waals surface area contributed by atoms with Crippen molar-refractivity contribution in [1.29, 1.82) is 0 Å². The average Bonchev–Trinajstić information content (AvgIpc) is 3.22. The summed E-state index contributed by atoms with van der Waals surface area (Å²) in [7, 11) is 0. The molecule has 0 aliphatic carbocycles. The Morgan fingerprint density at radius 2 is 2.07 bits per heavy atom. The van der Waals surface area contributed by atoms with Gasteiger partial charge in [-0.3, -0.25) is 10.1 Å². The number of halogens is 1. The summed E-state index contributed by atoms with van der Waals surface area (Å²) in [6, 6.07) is 3.47. The number of nitrogens with zero attached hydrogens (tertiary/aromatic N) is 7. The number of hydrogen-bond acceptors (Lipinski definition) is 7. The summed E-state index contributed by atoms with van der Waals surface area (Å²) in [4.78, 5) is 18.5. The van der Waals surface area contributed by atoms with Gasteiger partial charge >= 0.3 is 0 Å². The molecule has 0 saturated carbocycles. The normalized spacial score (nSPS) is 11.2. The molecule has 3 aromatic heterocycles. The first kappa shape index (κ1) is 16.6. The number of benzene rings is 1. The van der Waals surface area contributed by atoms with E-state index in [2.05, 4.69) is 20.2 Å². The molecule has 136 valence electrons. The molecule has 2 N–H and O–H groups in total. The number of hydrogen-bond donors (Lipinski definition) is 1. The fourth-order valence-electron chi connectivity index (χ4n) is 2.72. The van der Waals surface area contributed by atoms with E-state index in [4.69, 9.17) is 5.73 Å². The van der Waals surface area contributed by atoms with Crippen LogP contribution in [0.15, 0.2) is 36.8 Å². The zero-order chi connectivity index (χ0) is 19.1. The Morgan fingerprint density at radius 1 is 1.26 bits per heavy atom. The van der Waals surface area contributed by atoms with Gasteiger partial charge in [0.15, 0.2) is 11.5 Å². The molecule has 0 aliphatic rings. The van der Waals surface area contributed by atoms with Crippen LogP contribution < -0.4 is 5.73 Å². The van der Waals surface area contributed by atoms with Crippen molar-refractivity contribution in [2.24, 2.45) is 0 Å². The number of anilines is 1. The molecule has 0 aliphatic heterocycles. The number of nitro benzene ring substituents is 1. The molecule has 0 spiro atoms. The van der Waals surface area contributed by atoms with Crippen molar-refractivity contribution in [2.75, 3.05) is 5.73 Å². The van der Waals surface area contributed by atoms with Crippen molar-refractivity contribution in [3.05, 3.63) is 63.8 Å². The van der Waals surface area contributed by atoms with Crippen molar-refractivity contribution in [3.63, 3.8) is 0 Å². The first-order valence-electron chi connectivity index (χ1n) is 7.86. The number of non-ortho nitro benzene ring substituents is 1. The lowest BCUT2D eigenvalue weighted by molar-refractivity contribution is -0.385. The Kier molecular flexibility index (Phi) is 3.76. The highest BCUT2D eigenvalue weighted by Gasteiger charge is 2.16. The molecule has 0 radical (unpaired) electrons. The van der Waals surface area contributed by atoms with Crippen LogP contribution >= 0.6 is 0 Å². The zero-order valence-electron chi connectivity index (χ0n) is 14.1. The molecule has 0 amide bonds. The number of nitro groups is 1. The van der Waals surface area contributed by atoms with Crippen LogP contribution in [-0.4, -0.2) is 34.5 Å². The van der Waals surface area contributed by atoms with Gasteiger partial charge in [-0.1, -0.05) is 0 Å². The van der Waals surface area contributed by atoms with E-state index >= 15 is 0 Å². The van der Waals surface area contributed by atoms with Crippen molar-refractivity contribution in [1.82, 2.24) is 29.5 Å². The molecule has 0 unspecified atom stereocenters. The standard InChI is InChI=1S/C16H13FN8O2/c1-9-5-19-23(7-9)14-12-6-20-24(15(12)22-16(18)21-14)8-10-2-3-11(25(26)27)4-13(10)17/h2-7H,8H2,1H3,(H2,18,21,22). The second kappa shape index (κ2) is 6.12. The molecule has 0 bridgehead atoms. The minimum absolute atomic E-state index is 0.0246. The van der Waals surface area contributed by atoms with Crippen LogP contribution in [0.1, 0.15) is 11.1 Å². The summed E-state index contributed by atoms with van der Waals surface area (Å²) in [5, 5.41) is 19.8. The van der Waals surface area contributed by atoms with Gasteiger partial charge in [0, 0.05) is 17.8 Å². The number of fused-ring (bicyclic) bond motifs is 1. The van der Waals surface area contributed by atoms with Gasteiger partial charge in [-0.25, -0.2) is 13.8 Å². The van der Waals surface area contributed by atoms with Gasteiger partial charge in [0.2, 0.25) is 5.95 Å². The van der Waals surface area contributed by atoms with E-state index in [1.807, 2.05) is 6.92 Å². The molecule has 3 heterocycles. The summed E-state index contributed by atoms with van der Waals surface area (Å²) in [6.07, 6.45) is 5.01. The van der Waals surface area contributed by atoms with Crippen LogP contribution in [0.4, 0.5) is 16.0 Å². The molecule has 1 aromatic carbocycles. The number of aromatic nitrogens is 6. The zero-order valence-corrected chi connectivity index (χ0v) is 14.1. The van der Waals surface area contributed by atoms with Crippen molar-refractivity contribution in [2.45, 2.75) is 13.5 Å². The molecular formula is C16H13FN8O2. The Bertz CT molecular complexity index is 1180. The van der Waals surface area contributed by atoms with Crippen molar-refractivity contribution < 1.29 is 9.31 Å². The monoisotopic (exact) mass is 368 g/mol. The smallest absolute Gasteiger partial charge is 0.272 e. The van der Waals surface area contributed by atoms with Gasteiger partial charge in [-0.15, -0.1) is 0 Å². The van der Waals surface area contributed by atoms with E-state index in [1.165, 1.54) is 16.8 Å². The maximum atomic E-state index is 14.2. The average molecular weight is 368 g/mol.